The summed E-state index contributed by atoms with van der Waals surface area (Å²) in [5.41, 5.74) is 0.597. The van der Waals surface area contributed by atoms with Crippen LogP contribution in [0.5, 0.6) is 0 Å². The number of ketones is 1. The minimum atomic E-state index is -0.124. The molecule has 1 aromatic rings. The number of carbonyl (C=O) groups is 2. The van der Waals surface area contributed by atoms with Crippen LogP contribution in [-0.2, 0) is 4.79 Å². The molecular weight excluding hydrogens is 163 g/mol. The topological polar surface area (TPSA) is 34.1 Å². The summed E-state index contributed by atoms with van der Waals surface area (Å²) < 4.78 is 0. The van der Waals surface area contributed by atoms with Gasteiger partial charge in [-0.25, -0.2) is 0 Å². The van der Waals surface area contributed by atoms with Gasteiger partial charge in [-0.1, -0.05) is 30.3 Å². The van der Waals surface area contributed by atoms with Crippen molar-refractivity contribution in [1.29, 1.82) is 0 Å². The van der Waals surface area contributed by atoms with E-state index >= 15 is 0 Å². The SMILES string of the molecule is O=CCC(=O)c1ccccc1.[NaH]. The Hall–Kier alpha value is -0.440. The molecule has 12 heavy (non-hydrogen) atoms. The number of aldehydes is 1. The normalized spacial score (nSPS) is 8.33. The average Bonchev–Trinajstić information content (AvgIpc) is 2.07. The first-order chi connectivity index (χ1) is 5.34. The maximum atomic E-state index is 11.0. The van der Waals surface area contributed by atoms with Crippen LogP contribution in [0.15, 0.2) is 30.3 Å². The van der Waals surface area contributed by atoms with Crippen molar-refractivity contribution in [2.75, 3.05) is 0 Å². The molecular formula is C9H9NaO2. The molecule has 58 valence electrons. The van der Waals surface area contributed by atoms with Crippen LogP contribution >= 0.6 is 0 Å². The predicted molar refractivity (Wildman–Crippen MR) is 48.6 cm³/mol. The van der Waals surface area contributed by atoms with Crippen LogP contribution in [0, 0.1) is 0 Å². The Balaban J connectivity index is 0.00000121. The van der Waals surface area contributed by atoms with Gasteiger partial charge >= 0.3 is 29.6 Å². The summed E-state index contributed by atoms with van der Waals surface area (Å²) in [6, 6.07) is 8.78. The zero-order valence-electron chi connectivity index (χ0n) is 5.99. The van der Waals surface area contributed by atoms with Crippen molar-refractivity contribution in [2.45, 2.75) is 6.42 Å². The van der Waals surface area contributed by atoms with E-state index in [1.807, 2.05) is 6.07 Å². The Morgan fingerprint density at radius 2 is 1.83 bits per heavy atom. The molecule has 0 aliphatic rings. The van der Waals surface area contributed by atoms with Gasteiger partial charge in [-0.3, -0.25) is 4.79 Å². The molecule has 0 bridgehead atoms. The molecule has 0 fully saturated rings. The van der Waals surface area contributed by atoms with Crippen LogP contribution in [0.2, 0.25) is 0 Å². The summed E-state index contributed by atoms with van der Waals surface area (Å²) >= 11 is 0. The van der Waals surface area contributed by atoms with E-state index in [-0.39, 0.29) is 41.8 Å². The Morgan fingerprint density at radius 1 is 1.25 bits per heavy atom. The van der Waals surface area contributed by atoms with Gasteiger partial charge in [0.25, 0.3) is 0 Å². The van der Waals surface area contributed by atoms with Crippen LogP contribution in [0.25, 0.3) is 0 Å². The molecule has 0 N–H and O–H groups in total. The fourth-order valence-electron chi connectivity index (χ4n) is 0.818. The molecule has 1 aromatic carbocycles. The first-order valence-corrected chi connectivity index (χ1v) is 3.36. The van der Waals surface area contributed by atoms with Gasteiger partial charge in [0.05, 0.1) is 6.42 Å². The van der Waals surface area contributed by atoms with Gasteiger partial charge in [0.2, 0.25) is 0 Å². The third-order valence-corrected chi connectivity index (χ3v) is 1.36. The molecule has 0 saturated heterocycles. The molecule has 0 spiro atoms. The molecule has 0 amide bonds. The average molecular weight is 172 g/mol. The van der Waals surface area contributed by atoms with Crippen LogP contribution in [0.1, 0.15) is 16.8 Å². The molecule has 0 unspecified atom stereocenters. The molecule has 0 aromatic heterocycles. The first-order valence-electron chi connectivity index (χ1n) is 3.36. The summed E-state index contributed by atoms with van der Waals surface area (Å²) in [6.07, 6.45) is 0.597. The zero-order valence-corrected chi connectivity index (χ0v) is 5.99. The summed E-state index contributed by atoms with van der Waals surface area (Å²) in [7, 11) is 0. The van der Waals surface area contributed by atoms with Crippen LogP contribution in [0.4, 0.5) is 0 Å². The standard InChI is InChI=1S/C9H8O2.Na.H/c10-7-6-9(11)8-4-2-1-3-5-8;;/h1-5,7H,6H2;;. The van der Waals surface area contributed by atoms with E-state index in [0.717, 1.165) is 0 Å². The number of hydrogen-bond donors (Lipinski definition) is 0. The van der Waals surface area contributed by atoms with E-state index in [9.17, 15) is 9.59 Å². The van der Waals surface area contributed by atoms with Crippen molar-refractivity contribution < 1.29 is 9.59 Å². The molecule has 3 heteroatoms. The number of carbonyl (C=O) groups excluding carboxylic acids is 2. The van der Waals surface area contributed by atoms with Gasteiger partial charge in [0.1, 0.15) is 6.29 Å². The van der Waals surface area contributed by atoms with Gasteiger partial charge in [0.15, 0.2) is 5.78 Å². The van der Waals surface area contributed by atoms with Crippen LogP contribution in [0.3, 0.4) is 0 Å². The van der Waals surface area contributed by atoms with Crippen LogP contribution in [-0.4, -0.2) is 41.6 Å². The number of rotatable bonds is 3. The number of benzene rings is 1. The molecule has 0 atom stereocenters. The molecule has 2 nitrogen and oxygen atoms in total. The van der Waals surface area contributed by atoms with Gasteiger partial charge in [-0.2, -0.15) is 0 Å². The minimum absolute atomic E-state index is 0. The molecule has 0 radical (unpaired) electrons. The van der Waals surface area contributed by atoms with Gasteiger partial charge in [-0.05, 0) is 0 Å². The summed E-state index contributed by atoms with van der Waals surface area (Å²) in [5, 5.41) is 0. The fraction of sp³-hybridized carbons (Fsp3) is 0.111. The molecule has 0 aliphatic heterocycles. The van der Waals surface area contributed by atoms with Crippen molar-refractivity contribution in [2.24, 2.45) is 0 Å². The fourth-order valence-corrected chi connectivity index (χ4v) is 0.818. The van der Waals surface area contributed by atoms with Gasteiger partial charge in [-0.15, -0.1) is 0 Å². The van der Waals surface area contributed by atoms with Crippen LogP contribution < -0.4 is 0 Å². The monoisotopic (exact) mass is 172 g/mol. The quantitative estimate of drug-likeness (QED) is 0.292. The second kappa shape index (κ2) is 6.12. The maximum absolute atomic E-state index is 11.0. The van der Waals surface area contributed by atoms with Crippen molar-refractivity contribution in [1.82, 2.24) is 0 Å². The second-order valence-corrected chi connectivity index (χ2v) is 2.16. The molecule has 0 aliphatic carbocycles. The summed E-state index contributed by atoms with van der Waals surface area (Å²) in [5.74, 6) is -0.124. The third-order valence-electron chi connectivity index (χ3n) is 1.36. The molecule has 1 rings (SSSR count). The van der Waals surface area contributed by atoms with E-state index in [4.69, 9.17) is 0 Å². The van der Waals surface area contributed by atoms with Crippen molar-refractivity contribution in [3.63, 3.8) is 0 Å². The molecule has 0 heterocycles. The van der Waals surface area contributed by atoms with E-state index < -0.39 is 0 Å². The predicted octanol–water partition coefficient (Wildman–Crippen LogP) is 0.810. The number of Topliss-reactive ketones (excluding diaryl/α,β-unsaturated/α-hetero) is 1. The van der Waals surface area contributed by atoms with Crippen molar-refractivity contribution >= 4 is 41.6 Å². The van der Waals surface area contributed by atoms with E-state index in [1.165, 1.54) is 0 Å². The van der Waals surface area contributed by atoms with Gasteiger partial charge < -0.3 is 4.79 Å². The Morgan fingerprint density at radius 3 is 2.33 bits per heavy atom. The molecule has 0 saturated carbocycles. The van der Waals surface area contributed by atoms with E-state index in [2.05, 4.69) is 0 Å². The second-order valence-electron chi connectivity index (χ2n) is 2.16. The Labute approximate surface area is 93.3 Å². The van der Waals surface area contributed by atoms with Crippen molar-refractivity contribution in [3.05, 3.63) is 35.9 Å². The third kappa shape index (κ3) is 3.30. The first kappa shape index (κ1) is 11.6. The van der Waals surface area contributed by atoms with E-state index in [0.29, 0.717) is 11.8 Å². The zero-order chi connectivity index (χ0) is 8.10. The van der Waals surface area contributed by atoms with E-state index in [1.54, 1.807) is 24.3 Å². The van der Waals surface area contributed by atoms with Gasteiger partial charge in [0, 0.05) is 5.56 Å². The van der Waals surface area contributed by atoms with Crippen molar-refractivity contribution in [3.8, 4) is 0 Å². The number of hydrogen-bond acceptors (Lipinski definition) is 2. The Kier molecular flexibility index (Phi) is 5.89. The summed E-state index contributed by atoms with van der Waals surface area (Å²) in [4.78, 5) is 21.0. The summed E-state index contributed by atoms with van der Waals surface area (Å²) in [6.45, 7) is 0. The Bertz CT molecular complexity index is 256.